The van der Waals surface area contributed by atoms with Gasteiger partial charge in [0.15, 0.2) is 5.82 Å². The quantitative estimate of drug-likeness (QED) is 0.851. The summed E-state index contributed by atoms with van der Waals surface area (Å²) in [7, 11) is 0. The number of nitrogens with two attached hydrogens (primary N) is 1. The van der Waals surface area contributed by atoms with Crippen molar-refractivity contribution in [2.45, 2.75) is 13.8 Å². The van der Waals surface area contributed by atoms with Crippen LogP contribution in [0.3, 0.4) is 0 Å². The first-order chi connectivity index (χ1) is 8.09. The molecule has 0 bridgehead atoms. The minimum absolute atomic E-state index is 0.441. The molecule has 4 nitrogen and oxygen atoms in total. The summed E-state index contributed by atoms with van der Waals surface area (Å²) in [5, 5.41) is 0. The molecule has 1 heterocycles. The Labute approximate surface area is 99.5 Å². The third kappa shape index (κ3) is 2.15. The van der Waals surface area contributed by atoms with Crippen molar-refractivity contribution >= 4 is 5.91 Å². The molecule has 2 N–H and O–H groups in total. The van der Waals surface area contributed by atoms with Crippen LogP contribution in [0.2, 0.25) is 0 Å². The van der Waals surface area contributed by atoms with Gasteiger partial charge in [0, 0.05) is 17.5 Å². The third-order valence-corrected chi connectivity index (χ3v) is 2.66. The number of primary amides is 1. The Balaban J connectivity index is 2.60. The molecule has 0 aliphatic carbocycles. The second kappa shape index (κ2) is 4.33. The van der Waals surface area contributed by atoms with Crippen molar-refractivity contribution in [3.63, 3.8) is 0 Å². The van der Waals surface area contributed by atoms with Gasteiger partial charge in [-0.25, -0.2) is 9.97 Å². The van der Waals surface area contributed by atoms with Gasteiger partial charge in [-0.05, 0) is 25.5 Å². The van der Waals surface area contributed by atoms with Crippen LogP contribution in [0.5, 0.6) is 0 Å². The number of hydrogen-bond donors (Lipinski definition) is 1. The van der Waals surface area contributed by atoms with E-state index in [1.54, 1.807) is 24.4 Å². The zero-order valence-electron chi connectivity index (χ0n) is 9.77. The number of aromatic nitrogens is 2. The smallest absolute Gasteiger partial charge is 0.249 e. The summed E-state index contributed by atoms with van der Waals surface area (Å²) in [5.74, 6) is 0.0601. The molecule has 1 amide bonds. The number of benzene rings is 1. The predicted molar refractivity (Wildman–Crippen MR) is 65.5 cm³/mol. The van der Waals surface area contributed by atoms with E-state index in [1.165, 1.54) is 0 Å². The molecule has 86 valence electrons. The van der Waals surface area contributed by atoms with E-state index < -0.39 is 5.91 Å². The molecule has 0 saturated carbocycles. The van der Waals surface area contributed by atoms with E-state index >= 15 is 0 Å². The minimum atomic E-state index is -0.470. The maximum atomic E-state index is 11.3. The lowest BCUT2D eigenvalue weighted by atomic mass is 10.1. The molecule has 0 unspecified atom stereocenters. The van der Waals surface area contributed by atoms with E-state index in [0.717, 1.165) is 11.3 Å². The van der Waals surface area contributed by atoms with Gasteiger partial charge in [-0.3, -0.25) is 4.79 Å². The number of rotatable bonds is 2. The molecule has 0 aliphatic rings. The van der Waals surface area contributed by atoms with Crippen molar-refractivity contribution in [3.05, 3.63) is 47.3 Å². The minimum Gasteiger partial charge on any atom is -0.366 e. The van der Waals surface area contributed by atoms with Gasteiger partial charge < -0.3 is 5.73 Å². The lowest BCUT2D eigenvalue weighted by molar-refractivity contribution is 0.100. The van der Waals surface area contributed by atoms with E-state index in [1.807, 2.05) is 19.9 Å². The molecule has 0 aliphatic heterocycles. The van der Waals surface area contributed by atoms with Crippen LogP contribution in [-0.4, -0.2) is 15.9 Å². The van der Waals surface area contributed by atoms with Gasteiger partial charge in [-0.1, -0.05) is 18.2 Å². The fraction of sp³-hybridized carbons (Fsp3) is 0.154. The highest BCUT2D eigenvalue weighted by atomic mass is 16.1. The van der Waals surface area contributed by atoms with Crippen molar-refractivity contribution in [1.29, 1.82) is 0 Å². The first-order valence-corrected chi connectivity index (χ1v) is 5.29. The van der Waals surface area contributed by atoms with E-state index in [2.05, 4.69) is 9.97 Å². The molecular weight excluding hydrogens is 214 g/mol. The highest BCUT2D eigenvalue weighted by Crippen LogP contribution is 2.20. The Hall–Kier alpha value is -2.23. The summed E-state index contributed by atoms with van der Waals surface area (Å²) >= 11 is 0. The number of nitrogens with zero attached hydrogens (tertiary/aromatic N) is 2. The zero-order valence-corrected chi connectivity index (χ0v) is 9.77. The Bertz CT molecular complexity index is 579. The summed E-state index contributed by atoms with van der Waals surface area (Å²) in [4.78, 5) is 19.9. The van der Waals surface area contributed by atoms with Gasteiger partial charge in [0.1, 0.15) is 0 Å². The van der Waals surface area contributed by atoms with Crippen molar-refractivity contribution in [1.82, 2.24) is 9.97 Å². The monoisotopic (exact) mass is 227 g/mol. The summed E-state index contributed by atoms with van der Waals surface area (Å²) < 4.78 is 0. The normalized spacial score (nSPS) is 10.2. The molecule has 4 heteroatoms. The lowest BCUT2D eigenvalue weighted by Gasteiger charge is -2.06. The van der Waals surface area contributed by atoms with Crippen LogP contribution in [-0.2, 0) is 0 Å². The Morgan fingerprint density at radius 3 is 2.59 bits per heavy atom. The Morgan fingerprint density at radius 2 is 1.94 bits per heavy atom. The second-order valence-corrected chi connectivity index (χ2v) is 3.87. The zero-order chi connectivity index (χ0) is 12.4. The van der Waals surface area contributed by atoms with Crippen LogP contribution in [0, 0.1) is 13.8 Å². The molecule has 17 heavy (non-hydrogen) atoms. The average Bonchev–Trinajstić information content (AvgIpc) is 2.32. The fourth-order valence-corrected chi connectivity index (χ4v) is 1.55. The summed E-state index contributed by atoms with van der Waals surface area (Å²) in [6, 6.07) is 7.07. The topological polar surface area (TPSA) is 68.9 Å². The van der Waals surface area contributed by atoms with Crippen LogP contribution in [0.4, 0.5) is 0 Å². The number of carbonyl (C=O) groups excluding carboxylic acids is 1. The summed E-state index contributed by atoms with van der Waals surface area (Å²) in [6.45, 7) is 3.85. The molecule has 2 aromatic rings. The molecule has 0 saturated heterocycles. The number of hydrogen-bond acceptors (Lipinski definition) is 3. The fourth-order valence-electron chi connectivity index (χ4n) is 1.55. The predicted octanol–water partition coefficient (Wildman–Crippen LogP) is 1.86. The van der Waals surface area contributed by atoms with Crippen molar-refractivity contribution in [2.24, 2.45) is 5.73 Å². The van der Waals surface area contributed by atoms with Crippen molar-refractivity contribution in [2.75, 3.05) is 0 Å². The number of amides is 1. The van der Waals surface area contributed by atoms with Gasteiger partial charge in [0.2, 0.25) is 5.91 Å². The van der Waals surface area contributed by atoms with Crippen LogP contribution in [0.1, 0.15) is 21.6 Å². The highest BCUT2D eigenvalue weighted by molar-refractivity contribution is 5.98. The number of aryl methyl sites for hydroxylation is 2. The molecule has 2 rings (SSSR count). The van der Waals surface area contributed by atoms with E-state index in [-0.39, 0.29) is 0 Å². The van der Waals surface area contributed by atoms with Gasteiger partial charge in [0.25, 0.3) is 0 Å². The maximum Gasteiger partial charge on any atom is 0.249 e. The van der Waals surface area contributed by atoms with Crippen molar-refractivity contribution in [3.8, 4) is 11.4 Å². The van der Waals surface area contributed by atoms with Crippen molar-refractivity contribution < 1.29 is 4.79 Å². The van der Waals surface area contributed by atoms with Crippen LogP contribution in [0.25, 0.3) is 11.4 Å². The molecular formula is C13H13N3O. The van der Waals surface area contributed by atoms with Gasteiger partial charge in [0.05, 0.1) is 5.56 Å². The van der Waals surface area contributed by atoms with E-state index in [0.29, 0.717) is 17.0 Å². The molecule has 0 atom stereocenters. The van der Waals surface area contributed by atoms with Gasteiger partial charge in [-0.15, -0.1) is 0 Å². The van der Waals surface area contributed by atoms with Gasteiger partial charge >= 0.3 is 0 Å². The molecule has 1 aromatic heterocycles. The summed E-state index contributed by atoms with van der Waals surface area (Å²) in [5.41, 5.74) is 8.35. The van der Waals surface area contributed by atoms with Crippen LogP contribution >= 0.6 is 0 Å². The first-order valence-electron chi connectivity index (χ1n) is 5.29. The Morgan fingerprint density at radius 1 is 1.24 bits per heavy atom. The highest BCUT2D eigenvalue weighted by Gasteiger charge is 2.11. The lowest BCUT2D eigenvalue weighted by Crippen LogP contribution is -2.13. The first kappa shape index (κ1) is 11.3. The standard InChI is InChI=1S/C13H13N3O/c1-8-7-15-13(16-9(8)2)11-6-4-3-5-10(11)12(14)17/h3-7H,1-2H3,(H2,14,17). The average molecular weight is 227 g/mol. The van der Waals surface area contributed by atoms with E-state index in [4.69, 9.17) is 5.73 Å². The summed E-state index contributed by atoms with van der Waals surface area (Å²) in [6.07, 6.45) is 1.75. The Kier molecular flexibility index (Phi) is 2.87. The van der Waals surface area contributed by atoms with E-state index in [9.17, 15) is 4.79 Å². The molecule has 0 spiro atoms. The SMILES string of the molecule is Cc1cnc(-c2ccccc2C(N)=O)nc1C. The van der Waals surface area contributed by atoms with Crippen LogP contribution < -0.4 is 5.73 Å². The second-order valence-electron chi connectivity index (χ2n) is 3.87. The third-order valence-electron chi connectivity index (χ3n) is 2.66. The molecule has 0 radical (unpaired) electrons. The maximum absolute atomic E-state index is 11.3. The largest absolute Gasteiger partial charge is 0.366 e. The van der Waals surface area contributed by atoms with Gasteiger partial charge in [-0.2, -0.15) is 0 Å². The molecule has 0 fully saturated rings. The molecule has 1 aromatic carbocycles. The number of carbonyl (C=O) groups is 1. The van der Waals surface area contributed by atoms with Crippen LogP contribution in [0.15, 0.2) is 30.5 Å².